The van der Waals surface area contributed by atoms with Crippen LogP contribution in [0.15, 0.2) is 63.9 Å². The molecule has 0 radical (unpaired) electrons. The van der Waals surface area contributed by atoms with E-state index in [4.69, 9.17) is 9.52 Å². The molecule has 0 bridgehead atoms. The van der Waals surface area contributed by atoms with Gasteiger partial charge in [-0.05, 0) is 29.8 Å². The van der Waals surface area contributed by atoms with Crippen molar-refractivity contribution in [2.75, 3.05) is 5.32 Å². The molecule has 0 unspecified atom stereocenters. The molecule has 27 heavy (non-hydrogen) atoms. The Kier molecular flexibility index (Phi) is 5.48. The van der Waals surface area contributed by atoms with Crippen LogP contribution in [-0.4, -0.2) is 29.7 Å². The first kappa shape index (κ1) is 18.5. The number of aromatic carboxylic acids is 1. The Hall–Kier alpha value is -3.24. The maximum absolute atomic E-state index is 12.1. The van der Waals surface area contributed by atoms with Crippen LogP contribution in [0.4, 0.5) is 6.01 Å². The second-order valence-corrected chi connectivity index (χ2v) is 7.26. The quantitative estimate of drug-likeness (QED) is 0.532. The number of anilines is 1. The fraction of sp³-hybridized carbons (Fsp3) is 0.118. The Morgan fingerprint density at radius 3 is 2.37 bits per heavy atom. The van der Waals surface area contributed by atoms with Gasteiger partial charge in [0.05, 0.1) is 17.0 Å². The van der Waals surface area contributed by atoms with E-state index in [-0.39, 0.29) is 28.9 Å². The van der Waals surface area contributed by atoms with Crippen LogP contribution in [0, 0.1) is 0 Å². The summed E-state index contributed by atoms with van der Waals surface area (Å²) in [7, 11) is -3.66. The van der Waals surface area contributed by atoms with Crippen molar-refractivity contribution in [2.45, 2.75) is 18.0 Å². The zero-order valence-electron chi connectivity index (χ0n) is 14.0. The lowest BCUT2D eigenvalue weighted by atomic mass is 10.1. The number of hydrogen-bond donors (Lipinski definition) is 3. The van der Waals surface area contributed by atoms with Gasteiger partial charge in [0.15, 0.2) is 0 Å². The number of aromatic nitrogens is 2. The summed E-state index contributed by atoms with van der Waals surface area (Å²) in [5.41, 5.74) is 1.02. The highest BCUT2D eigenvalue weighted by Crippen LogP contribution is 2.11. The molecule has 0 fully saturated rings. The number of carbonyl (C=O) groups is 1. The first-order chi connectivity index (χ1) is 12.9. The van der Waals surface area contributed by atoms with Gasteiger partial charge >= 0.3 is 12.0 Å². The topological polar surface area (TPSA) is 134 Å². The van der Waals surface area contributed by atoms with Crippen LogP contribution >= 0.6 is 0 Å². The zero-order chi connectivity index (χ0) is 19.3. The molecule has 0 spiro atoms. The fourth-order valence-corrected chi connectivity index (χ4v) is 3.17. The van der Waals surface area contributed by atoms with Crippen molar-refractivity contribution < 1.29 is 22.7 Å². The molecule has 0 atom stereocenters. The number of nitrogens with one attached hydrogen (secondary N) is 2. The second kappa shape index (κ2) is 7.98. The molecule has 0 saturated carbocycles. The summed E-state index contributed by atoms with van der Waals surface area (Å²) in [5.74, 6) is -0.882. The Morgan fingerprint density at radius 2 is 1.70 bits per heavy atom. The number of hydrogen-bond acceptors (Lipinski definition) is 7. The minimum absolute atomic E-state index is 0.109. The van der Waals surface area contributed by atoms with Crippen molar-refractivity contribution in [3.8, 4) is 0 Å². The molecule has 0 aliphatic carbocycles. The van der Waals surface area contributed by atoms with Crippen molar-refractivity contribution >= 4 is 22.0 Å². The average molecular weight is 388 g/mol. The van der Waals surface area contributed by atoms with E-state index in [9.17, 15) is 13.2 Å². The number of rotatable bonds is 8. The van der Waals surface area contributed by atoms with E-state index in [1.54, 1.807) is 30.3 Å². The minimum Gasteiger partial charge on any atom is -0.478 e. The second-order valence-electron chi connectivity index (χ2n) is 5.49. The SMILES string of the molecule is O=C(O)c1ccc(CNc2nnc(CNS(=O)(=O)c3ccccc3)o2)cc1. The summed E-state index contributed by atoms with van der Waals surface area (Å²) in [5, 5.41) is 19.3. The molecular formula is C17H16N4O5S. The summed E-state index contributed by atoms with van der Waals surface area (Å²) < 4.78 is 32.0. The van der Waals surface area contributed by atoms with Gasteiger partial charge in [0, 0.05) is 6.54 Å². The summed E-state index contributed by atoms with van der Waals surface area (Å²) >= 11 is 0. The van der Waals surface area contributed by atoms with Crippen molar-refractivity contribution in [3.63, 3.8) is 0 Å². The highest BCUT2D eigenvalue weighted by Gasteiger charge is 2.15. The van der Waals surface area contributed by atoms with Crippen molar-refractivity contribution in [1.82, 2.24) is 14.9 Å². The van der Waals surface area contributed by atoms with E-state index in [1.807, 2.05) is 0 Å². The number of sulfonamides is 1. The van der Waals surface area contributed by atoms with Crippen LogP contribution in [0.5, 0.6) is 0 Å². The van der Waals surface area contributed by atoms with Gasteiger partial charge in [-0.15, -0.1) is 5.10 Å². The molecule has 3 N–H and O–H groups in total. The van der Waals surface area contributed by atoms with Crippen LogP contribution in [0.3, 0.4) is 0 Å². The smallest absolute Gasteiger partial charge is 0.335 e. The Labute approximate surface area is 155 Å². The van der Waals surface area contributed by atoms with Gasteiger partial charge in [-0.3, -0.25) is 0 Å². The van der Waals surface area contributed by atoms with Gasteiger partial charge in [-0.2, -0.15) is 0 Å². The normalized spacial score (nSPS) is 11.3. The minimum atomic E-state index is -3.66. The predicted molar refractivity (Wildman–Crippen MR) is 95.5 cm³/mol. The maximum atomic E-state index is 12.1. The Bertz CT molecular complexity index is 1020. The molecule has 0 saturated heterocycles. The third-order valence-electron chi connectivity index (χ3n) is 3.58. The number of carboxylic acids is 1. The average Bonchev–Trinajstić information content (AvgIpc) is 3.14. The van der Waals surface area contributed by atoms with Crippen molar-refractivity contribution in [3.05, 3.63) is 71.6 Å². The molecule has 0 aliphatic heterocycles. The number of carboxylic acid groups (broad SMARTS) is 1. The molecule has 140 valence electrons. The molecule has 2 aromatic carbocycles. The van der Waals surface area contributed by atoms with Crippen LogP contribution in [0.2, 0.25) is 0 Å². The highest BCUT2D eigenvalue weighted by atomic mass is 32.2. The Morgan fingerprint density at radius 1 is 1.00 bits per heavy atom. The molecule has 3 rings (SSSR count). The van der Waals surface area contributed by atoms with Crippen LogP contribution in [-0.2, 0) is 23.1 Å². The summed E-state index contributed by atoms with van der Waals surface area (Å²) in [6.45, 7) is 0.205. The van der Waals surface area contributed by atoms with E-state index in [0.29, 0.717) is 6.54 Å². The zero-order valence-corrected chi connectivity index (χ0v) is 14.8. The molecule has 0 amide bonds. The van der Waals surface area contributed by atoms with Gasteiger partial charge in [0.1, 0.15) is 0 Å². The van der Waals surface area contributed by atoms with Gasteiger partial charge in [-0.1, -0.05) is 35.4 Å². The van der Waals surface area contributed by atoms with Crippen LogP contribution in [0.25, 0.3) is 0 Å². The molecule has 1 aromatic heterocycles. The molecule has 10 heteroatoms. The summed E-state index contributed by atoms with van der Waals surface area (Å²) in [6.07, 6.45) is 0. The van der Waals surface area contributed by atoms with Gasteiger partial charge in [0.2, 0.25) is 15.9 Å². The third-order valence-corrected chi connectivity index (χ3v) is 5.00. The Balaban J connectivity index is 1.55. The number of benzene rings is 2. The highest BCUT2D eigenvalue weighted by molar-refractivity contribution is 7.89. The monoisotopic (exact) mass is 388 g/mol. The summed E-state index contributed by atoms with van der Waals surface area (Å²) in [6, 6.07) is 14.4. The van der Waals surface area contributed by atoms with Crippen molar-refractivity contribution in [2.24, 2.45) is 0 Å². The van der Waals surface area contributed by atoms with Crippen LogP contribution in [0.1, 0.15) is 21.8 Å². The molecule has 9 nitrogen and oxygen atoms in total. The lowest BCUT2D eigenvalue weighted by molar-refractivity contribution is 0.0697. The third kappa shape index (κ3) is 4.90. The lowest BCUT2D eigenvalue weighted by Crippen LogP contribution is -2.23. The van der Waals surface area contributed by atoms with Gasteiger partial charge in [0.25, 0.3) is 0 Å². The van der Waals surface area contributed by atoms with Gasteiger partial charge in [-0.25, -0.2) is 17.9 Å². The van der Waals surface area contributed by atoms with E-state index in [0.717, 1.165) is 5.56 Å². The maximum Gasteiger partial charge on any atom is 0.335 e. The predicted octanol–water partition coefficient (Wildman–Crippen LogP) is 1.86. The molecular weight excluding hydrogens is 372 g/mol. The standard InChI is InChI=1S/C17H16N4O5S/c22-16(23)13-8-6-12(7-9-13)10-18-17-21-20-15(26-17)11-19-27(24,25)14-4-2-1-3-5-14/h1-9,19H,10-11H2,(H,18,21)(H,22,23). The van der Waals surface area contributed by atoms with Gasteiger partial charge < -0.3 is 14.8 Å². The number of nitrogens with zero attached hydrogens (tertiary/aromatic N) is 2. The largest absolute Gasteiger partial charge is 0.478 e. The van der Waals surface area contributed by atoms with E-state index in [1.165, 1.54) is 24.3 Å². The molecule has 3 aromatic rings. The van der Waals surface area contributed by atoms with E-state index < -0.39 is 16.0 Å². The van der Waals surface area contributed by atoms with Crippen molar-refractivity contribution in [1.29, 1.82) is 0 Å². The fourth-order valence-electron chi connectivity index (χ4n) is 2.18. The first-order valence-electron chi connectivity index (χ1n) is 7.87. The lowest BCUT2D eigenvalue weighted by Gasteiger charge is -2.04. The molecule has 0 aliphatic rings. The van der Waals surface area contributed by atoms with E-state index in [2.05, 4.69) is 20.2 Å². The van der Waals surface area contributed by atoms with Crippen LogP contribution < -0.4 is 10.0 Å². The first-order valence-corrected chi connectivity index (χ1v) is 9.35. The van der Waals surface area contributed by atoms with E-state index >= 15 is 0 Å². The molecule has 1 heterocycles. The summed E-state index contributed by atoms with van der Waals surface area (Å²) in [4.78, 5) is 11.0.